The number of nitrogens with zero attached hydrogens (tertiary/aromatic N) is 1. The van der Waals surface area contributed by atoms with Crippen molar-refractivity contribution in [1.29, 1.82) is 0 Å². The molecule has 0 aromatic carbocycles. The van der Waals surface area contributed by atoms with Gasteiger partial charge in [0.05, 0.1) is 5.69 Å². The van der Waals surface area contributed by atoms with E-state index in [1.165, 1.54) is 12.8 Å². The first-order valence-corrected chi connectivity index (χ1v) is 6.26. The van der Waals surface area contributed by atoms with E-state index < -0.39 is 0 Å². The average molecular weight is 290 g/mol. The Morgan fingerprint density at radius 1 is 1.60 bits per heavy atom. The molecule has 1 aromatic heterocycles. The largest absolute Gasteiger partial charge is 0.380 e. The Hall–Kier alpha value is -0.280. The summed E-state index contributed by atoms with van der Waals surface area (Å²) in [5.74, 6) is 0. The van der Waals surface area contributed by atoms with Crippen molar-refractivity contribution in [2.45, 2.75) is 32.7 Å². The van der Waals surface area contributed by atoms with E-state index in [0.29, 0.717) is 16.6 Å². The molecule has 2 nitrogen and oxygen atoms in total. The highest BCUT2D eigenvalue weighted by molar-refractivity contribution is 9.10. The van der Waals surface area contributed by atoms with Gasteiger partial charge in [0, 0.05) is 16.7 Å². The van der Waals surface area contributed by atoms with E-state index in [1.54, 1.807) is 6.20 Å². The zero-order chi connectivity index (χ0) is 11.1. The molecule has 1 saturated carbocycles. The second-order valence-corrected chi connectivity index (χ2v) is 5.79. The molecule has 0 radical (unpaired) electrons. The Bertz CT molecular complexity index is 377. The van der Waals surface area contributed by atoms with Gasteiger partial charge in [0.1, 0.15) is 0 Å². The van der Waals surface area contributed by atoms with Gasteiger partial charge < -0.3 is 5.32 Å². The van der Waals surface area contributed by atoms with Gasteiger partial charge in [-0.05, 0) is 47.2 Å². The van der Waals surface area contributed by atoms with Crippen LogP contribution in [0.3, 0.4) is 0 Å². The predicted molar refractivity (Wildman–Crippen MR) is 67.4 cm³/mol. The second-order valence-electron chi connectivity index (χ2n) is 4.51. The summed E-state index contributed by atoms with van der Waals surface area (Å²) in [5, 5.41) is 3.97. The molecule has 0 bridgehead atoms. The molecule has 0 aliphatic heterocycles. The number of pyridine rings is 1. The number of nitrogens with one attached hydrogen (secondary N) is 1. The Morgan fingerprint density at radius 3 is 2.87 bits per heavy atom. The molecule has 82 valence electrons. The van der Waals surface area contributed by atoms with Gasteiger partial charge in [0.15, 0.2) is 5.15 Å². The molecular formula is C11H14BrClN2. The van der Waals surface area contributed by atoms with Gasteiger partial charge >= 0.3 is 0 Å². The third-order valence-electron chi connectivity index (χ3n) is 3.26. The van der Waals surface area contributed by atoms with Crippen LogP contribution in [-0.4, -0.2) is 11.0 Å². The average Bonchev–Trinajstić information content (AvgIpc) is 2.91. The van der Waals surface area contributed by atoms with Crippen LogP contribution in [0.2, 0.25) is 5.15 Å². The van der Waals surface area contributed by atoms with Gasteiger partial charge in [-0.1, -0.05) is 18.5 Å². The van der Waals surface area contributed by atoms with Crippen molar-refractivity contribution in [3.63, 3.8) is 0 Å². The Morgan fingerprint density at radius 2 is 2.27 bits per heavy atom. The lowest BCUT2D eigenvalue weighted by Crippen LogP contribution is -2.25. The minimum atomic E-state index is 0.436. The van der Waals surface area contributed by atoms with Crippen molar-refractivity contribution >= 4 is 33.2 Å². The van der Waals surface area contributed by atoms with E-state index in [9.17, 15) is 0 Å². The quantitative estimate of drug-likeness (QED) is 0.848. The maximum atomic E-state index is 6.02. The first kappa shape index (κ1) is 11.2. The zero-order valence-corrected chi connectivity index (χ0v) is 11.2. The Kier molecular flexibility index (Phi) is 2.95. The summed E-state index contributed by atoms with van der Waals surface area (Å²) in [6.07, 6.45) is 4.29. The summed E-state index contributed by atoms with van der Waals surface area (Å²) < 4.78 is 0.947. The first-order chi connectivity index (χ1) is 7.01. The van der Waals surface area contributed by atoms with Crippen LogP contribution < -0.4 is 5.32 Å². The molecule has 1 unspecified atom stereocenters. The van der Waals surface area contributed by atoms with E-state index in [-0.39, 0.29) is 0 Å². The van der Waals surface area contributed by atoms with Crippen molar-refractivity contribution in [1.82, 2.24) is 4.98 Å². The molecule has 0 spiro atoms. The SMILES string of the molecule is CC(Nc1cc(Br)cnc1Cl)C1(C)CC1. The zero-order valence-electron chi connectivity index (χ0n) is 8.85. The van der Waals surface area contributed by atoms with Gasteiger partial charge in [-0.15, -0.1) is 0 Å². The van der Waals surface area contributed by atoms with E-state index in [4.69, 9.17) is 11.6 Å². The highest BCUT2D eigenvalue weighted by Crippen LogP contribution is 2.49. The van der Waals surface area contributed by atoms with Crippen LogP contribution in [0.1, 0.15) is 26.7 Å². The van der Waals surface area contributed by atoms with Crippen LogP contribution in [0.4, 0.5) is 5.69 Å². The molecule has 1 aromatic rings. The predicted octanol–water partition coefficient (Wildman–Crippen LogP) is 4.10. The van der Waals surface area contributed by atoms with Crippen LogP contribution in [-0.2, 0) is 0 Å². The van der Waals surface area contributed by atoms with Crippen molar-refractivity contribution in [3.8, 4) is 0 Å². The molecule has 4 heteroatoms. The minimum Gasteiger partial charge on any atom is -0.380 e. The topological polar surface area (TPSA) is 24.9 Å². The van der Waals surface area contributed by atoms with Crippen LogP contribution >= 0.6 is 27.5 Å². The normalized spacial score (nSPS) is 19.7. The lowest BCUT2D eigenvalue weighted by Gasteiger charge is -2.22. The minimum absolute atomic E-state index is 0.436. The van der Waals surface area contributed by atoms with Crippen molar-refractivity contribution < 1.29 is 0 Å². The lowest BCUT2D eigenvalue weighted by molar-refractivity contribution is 0.493. The smallest absolute Gasteiger partial charge is 0.152 e. The third-order valence-corrected chi connectivity index (χ3v) is 4.00. The van der Waals surface area contributed by atoms with Crippen LogP contribution in [0.25, 0.3) is 0 Å². The monoisotopic (exact) mass is 288 g/mol. The number of rotatable bonds is 3. The second kappa shape index (κ2) is 3.95. The molecule has 2 rings (SSSR count). The van der Waals surface area contributed by atoms with Crippen LogP contribution in [0.5, 0.6) is 0 Å². The molecule has 15 heavy (non-hydrogen) atoms. The molecule has 0 saturated heterocycles. The molecule has 1 aliphatic rings. The summed E-state index contributed by atoms with van der Waals surface area (Å²) in [5.41, 5.74) is 1.35. The summed E-state index contributed by atoms with van der Waals surface area (Å²) in [6, 6.07) is 2.41. The first-order valence-electron chi connectivity index (χ1n) is 5.09. The lowest BCUT2D eigenvalue weighted by atomic mass is 10.0. The number of aromatic nitrogens is 1. The highest BCUT2D eigenvalue weighted by atomic mass is 79.9. The molecule has 1 heterocycles. The van der Waals surface area contributed by atoms with E-state index in [1.807, 2.05) is 6.07 Å². The molecule has 1 aliphatic carbocycles. The summed E-state index contributed by atoms with van der Waals surface area (Å²) in [7, 11) is 0. The Balaban J connectivity index is 2.13. The van der Waals surface area contributed by atoms with Crippen LogP contribution in [0, 0.1) is 5.41 Å². The summed E-state index contributed by atoms with van der Waals surface area (Å²) in [6.45, 7) is 4.49. The van der Waals surface area contributed by atoms with Crippen molar-refractivity contribution in [2.75, 3.05) is 5.32 Å². The van der Waals surface area contributed by atoms with E-state index >= 15 is 0 Å². The molecule has 1 N–H and O–H groups in total. The van der Waals surface area contributed by atoms with Gasteiger partial charge in [-0.3, -0.25) is 0 Å². The van der Waals surface area contributed by atoms with Crippen molar-refractivity contribution in [3.05, 3.63) is 21.9 Å². The van der Waals surface area contributed by atoms with Crippen molar-refractivity contribution in [2.24, 2.45) is 5.41 Å². The van der Waals surface area contributed by atoms with E-state index in [2.05, 4.69) is 40.1 Å². The highest BCUT2D eigenvalue weighted by Gasteiger charge is 2.42. The maximum Gasteiger partial charge on any atom is 0.152 e. The standard InChI is InChI=1S/C11H14BrClN2/c1-7(11(2)3-4-11)15-9-5-8(12)6-14-10(9)13/h5-7,15H,3-4H2,1-2H3. The fourth-order valence-corrected chi connectivity index (χ4v) is 2.05. The number of anilines is 1. The molecule has 0 amide bonds. The van der Waals surface area contributed by atoms with Gasteiger partial charge in [-0.25, -0.2) is 4.98 Å². The fraction of sp³-hybridized carbons (Fsp3) is 0.545. The number of hydrogen-bond acceptors (Lipinski definition) is 2. The molecule has 1 atom stereocenters. The van der Waals surface area contributed by atoms with Gasteiger partial charge in [0.2, 0.25) is 0 Å². The van der Waals surface area contributed by atoms with Gasteiger partial charge in [0.25, 0.3) is 0 Å². The summed E-state index contributed by atoms with van der Waals surface area (Å²) in [4.78, 5) is 4.09. The van der Waals surface area contributed by atoms with Crippen LogP contribution in [0.15, 0.2) is 16.7 Å². The molecular weight excluding hydrogens is 275 g/mol. The number of hydrogen-bond donors (Lipinski definition) is 1. The summed E-state index contributed by atoms with van der Waals surface area (Å²) >= 11 is 9.41. The Labute approximate surface area is 104 Å². The van der Waals surface area contributed by atoms with Gasteiger partial charge in [-0.2, -0.15) is 0 Å². The fourth-order valence-electron chi connectivity index (χ4n) is 1.56. The number of halogens is 2. The molecule has 1 fully saturated rings. The maximum absolute atomic E-state index is 6.02. The third kappa shape index (κ3) is 2.45. The van der Waals surface area contributed by atoms with E-state index in [0.717, 1.165) is 10.2 Å².